The van der Waals surface area contributed by atoms with Gasteiger partial charge in [-0.25, -0.2) is 4.98 Å². The first kappa shape index (κ1) is 9.45. The van der Waals surface area contributed by atoms with Gasteiger partial charge in [-0.05, 0) is 0 Å². The molecule has 0 unspecified atom stereocenters. The molecule has 0 atom stereocenters. The van der Waals surface area contributed by atoms with E-state index < -0.39 is 11.9 Å². The number of anilines is 1. The Morgan fingerprint density at radius 2 is 1.87 bits per heavy atom. The van der Waals surface area contributed by atoms with E-state index >= 15 is 0 Å². The van der Waals surface area contributed by atoms with Gasteiger partial charge in [-0.15, -0.1) is 0 Å². The number of hydrogen-bond donors (Lipinski definition) is 1. The number of nitrogens with zero attached hydrogens (tertiary/aromatic N) is 1. The monoisotopic (exact) mass is 208 g/mol. The fourth-order valence-corrected chi connectivity index (χ4v) is 1.17. The number of rotatable bonds is 0. The quantitative estimate of drug-likeness (QED) is 0.615. The van der Waals surface area contributed by atoms with Gasteiger partial charge in [-0.3, -0.25) is 9.59 Å². The Morgan fingerprint density at radius 1 is 1.20 bits per heavy atom. The molecule has 0 saturated carbocycles. The molecule has 2 rings (SSSR count). The van der Waals surface area contributed by atoms with E-state index in [1.54, 1.807) is 0 Å². The average Bonchev–Trinajstić information content (AvgIpc) is 2.18. The number of fused-ring (bicyclic) bond motifs is 1. The minimum absolute atomic E-state index is 0.000497. The molecule has 0 amide bonds. The maximum absolute atomic E-state index is 11.2. The zero-order chi connectivity index (χ0) is 10.8. The molecule has 1 aliphatic heterocycles. The van der Waals surface area contributed by atoms with Crippen molar-refractivity contribution in [2.75, 3.05) is 5.73 Å². The summed E-state index contributed by atoms with van der Waals surface area (Å²) in [6.07, 6.45) is 1.35. The fraction of sp³-hybridized carbons (Fsp3) is 0.222. The lowest BCUT2D eigenvalue weighted by atomic mass is 10.3. The van der Waals surface area contributed by atoms with Gasteiger partial charge in [-0.2, -0.15) is 0 Å². The zero-order valence-electron chi connectivity index (χ0n) is 7.73. The second kappa shape index (κ2) is 3.56. The third kappa shape index (κ3) is 1.88. The van der Waals surface area contributed by atoms with E-state index in [1.165, 1.54) is 12.3 Å². The standard InChI is InChI=1S/C9H8N2O4/c10-9-8-5(3-4-11-9)14-6(12)1-2-7(13)15-8/h3-4H,1-2H2,(H2,10,11). The lowest BCUT2D eigenvalue weighted by molar-refractivity contribution is -0.142. The van der Waals surface area contributed by atoms with E-state index in [4.69, 9.17) is 15.2 Å². The summed E-state index contributed by atoms with van der Waals surface area (Å²) in [7, 11) is 0. The number of hydrogen-bond acceptors (Lipinski definition) is 6. The second-order valence-corrected chi connectivity index (χ2v) is 2.97. The summed E-state index contributed by atoms with van der Waals surface area (Å²) in [5.74, 6) is -0.849. The first-order chi connectivity index (χ1) is 7.16. The molecule has 6 heteroatoms. The van der Waals surface area contributed by atoms with E-state index in [-0.39, 0.29) is 30.2 Å². The van der Waals surface area contributed by atoms with Gasteiger partial charge >= 0.3 is 11.9 Å². The van der Waals surface area contributed by atoms with Crippen LogP contribution in [0.25, 0.3) is 0 Å². The summed E-state index contributed by atoms with van der Waals surface area (Å²) in [6.45, 7) is 0. The van der Waals surface area contributed by atoms with Gasteiger partial charge in [0.2, 0.25) is 5.75 Å². The number of nitrogens with two attached hydrogens (primary N) is 1. The molecule has 15 heavy (non-hydrogen) atoms. The van der Waals surface area contributed by atoms with Gasteiger partial charge in [0, 0.05) is 12.3 Å². The molecule has 2 N–H and O–H groups in total. The zero-order valence-corrected chi connectivity index (χ0v) is 7.73. The number of nitrogen functional groups attached to an aromatic ring is 1. The topological polar surface area (TPSA) is 91.5 Å². The lowest BCUT2D eigenvalue weighted by Crippen LogP contribution is -2.19. The van der Waals surface area contributed by atoms with Crippen LogP contribution in [0.2, 0.25) is 0 Å². The van der Waals surface area contributed by atoms with Crippen LogP contribution in [0.3, 0.4) is 0 Å². The molecule has 0 bridgehead atoms. The van der Waals surface area contributed by atoms with Crippen LogP contribution in [-0.4, -0.2) is 16.9 Å². The molecule has 0 radical (unpaired) electrons. The lowest BCUT2D eigenvalue weighted by Gasteiger charge is -2.14. The minimum Gasteiger partial charge on any atom is -0.422 e. The Bertz CT molecular complexity index is 430. The van der Waals surface area contributed by atoms with Crippen LogP contribution < -0.4 is 15.2 Å². The van der Waals surface area contributed by atoms with Crippen molar-refractivity contribution >= 4 is 17.8 Å². The van der Waals surface area contributed by atoms with Crippen LogP contribution in [0.15, 0.2) is 12.3 Å². The third-order valence-corrected chi connectivity index (χ3v) is 1.87. The summed E-state index contributed by atoms with van der Waals surface area (Å²) >= 11 is 0. The van der Waals surface area contributed by atoms with Crippen LogP contribution >= 0.6 is 0 Å². The summed E-state index contributed by atoms with van der Waals surface area (Å²) in [4.78, 5) is 26.1. The Labute approximate surface area is 85.0 Å². The van der Waals surface area contributed by atoms with Crippen LogP contribution in [-0.2, 0) is 9.59 Å². The van der Waals surface area contributed by atoms with Crippen molar-refractivity contribution in [1.29, 1.82) is 0 Å². The maximum atomic E-state index is 11.2. The molecule has 0 aliphatic carbocycles. The van der Waals surface area contributed by atoms with Crippen LogP contribution in [0.4, 0.5) is 5.82 Å². The largest absolute Gasteiger partial charge is 0.422 e. The molecule has 0 aromatic carbocycles. The second-order valence-electron chi connectivity index (χ2n) is 2.97. The van der Waals surface area contributed by atoms with Gasteiger partial charge in [0.15, 0.2) is 11.6 Å². The highest BCUT2D eigenvalue weighted by atomic mass is 16.6. The summed E-state index contributed by atoms with van der Waals surface area (Å²) in [5.41, 5.74) is 5.49. The average molecular weight is 208 g/mol. The highest BCUT2D eigenvalue weighted by Crippen LogP contribution is 2.33. The summed E-state index contributed by atoms with van der Waals surface area (Å²) < 4.78 is 9.84. The summed E-state index contributed by atoms with van der Waals surface area (Å²) in [5, 5.41) is 0. The Hall–Kier alpha value is -2.11. The Kier molecular flexibility index (Phi) is 2.24. The molecule has 2 heterocycles. The van der Waals surface area contributed by atoms with E-state index in [0.717, 1.165) is 0 Å². The number of esters is 2. The molecule has 1 aromatic rings. The number of ether oxygens (including phenoxy) is 2. The Morgan fingerprint density at radius 3 is 2.60 bits per heavy atom. The van der Waals surface area contributed by atoms with Crippen LogP contribution in [0.1, 0.15) is 12.8 Å². The van der Waals surface area contributed by atoms with Crippen molar-refractivity contribution in [3.05, 3.63) is 12.3 Å². The first-order valence-electron chi connectivity index (χ1n) is 4.32. The molecule has 78 valence electrons. The SMILES string of the molecule is Nc1nccc2c1OC(=O)CCC(=O)O2. The van der Waals surface area contributed by atoms with Crippen LogP contribution in [0.5, 0.6) is 11.5 Å². The van der Waals surface area contributed by atoms with Crippen molar-refractivity contribution in [2.45, 2.75) is 12.8 Å². The van der Waals surface area contributed by atoms with Gasteiger partial charge in [0.25, 0.3) is 0 Å². The van der Waals surface area contributed by atoms with E-state index in [9.17, 15) is 9.59 Å². The first-order valence-corrected chi connectivity index (χ1v) is 4.32. The van der Waals surface area contributed by atoms with Gasteiger partial charge in [0.05, 0.1) is 12.8 Å². The number of pyridine rings is 1. The van der Waals surface area contributed by atoms with Gasteiger partial charge in [-0.1, -0.05) is 0 Å². The molecule has 1 aromatic heterocycles. The number of carbonyl (C=O) groups is 2. The Balaban J connectivity index is 2.45. The molecule has 0 spiro atoms. The molecule has 6 nitrogen and oxygen atoms in total. The normalized spacial score (nSPS) is 15.7. The number of aromatic nitrogens is 1. The molecule has 0 fully saturated rings. The van der Waals surface area contributed by atoms with E-state index in [2.05, 4.69) is 4.98 Å². The predicted octanol–water partition coefficient (Wildman–Crippen LogP) is 0.268. The van der Waals surface area contributed by atoms with Gasteiger partial charge in [0.1, 0.15) is 0 Å². The molecular weight excluding hydrogens is 200 g/mol. The van der Waals surface area contributed by atoms with Crippen molar-refractivity contribution in [3.63, 3.8) is 0 Å². The fourth-order valence-electron chi connectivity index (χ4n) is 1.17. The number of carbonyl (C=O) groups excluding carboxylic acids is 2. The van der Waals surface area contributed by atoms with Crippen molar-refractivity contribution in [2.24, 2.45) is 0 Å². The highest BCUT2D eigenvalue weighted by Gasteiger charge is 2.21. The van der Waals surface area contributed by atoms with E-state index in [0.29, 0.717) is 0 Å². The van der Waals surface area contributed by atoms with Crippen LogP contribution in [0, 0.1) is 0 Å². The molecular formula is C9H8N2O4. The molecule has 0 saturated heterocycles. The maximum Gasteiger partial charge on any atom is 0.312 e. The van der Waals surface area contributed by atoms with Gasteiger partial charge < -0.3 is 15.2 Å². The third-order valence-electron chi connectivity index (χ3n) is 1.87. The van der Waals surface area contributed by atoms with Crippen molar-refractivity contribution < 1.29 is 19.1 Å². The minimum atomic E-state index is -0.521. The summed E-state index contributed by atoms with van der Waals surface area (Å²) in [6, 6.07) is 1.42. The predicted molar refractivity (Wildman–Crippen MR) is 49.2 cm³/mol. The molecule has 1 aliphatic rings. The van der Waals surface area contributed by atoms with Crippen molar-refractivity contribution in [3.8, 4) is 11.5 Å². The van der Waals surface area contributed by atoms with Crippen molar-refractivity contribution in [1.82, 2.24) is 4.98 Å². The smallest absolute Gasteiger partial charge is 0.312 e. The van der Waals surface area contributed by atoms with E-state index in [1.807, 2.05) is 0 Å². The highest BCUT2D eigenvalue weighted by molar-refractivity contribution is 5.84.